The van der Waals surface area contributed by atoms with Gasteiger partial charge in [-0.25, -0.2) is 0 Å². The normalized spacial score (nSPS) is 15.1. The van der Waals surface area contributed by atoms with Gasteiger partial charge in [-0.15, -0.1) is 0 Å². The maximum Gasteiger partial charge on any atom is 0.138 e. The zero-order chi connectivity index (χ0) is 15.2. The molecular weight excluding hydrogens is 294 g/mol. The average Bonchev–Trinajstić information content (AvgIpc) is 3.06. The van der Waals surface area contributed by atoms with Crippen LogP contribution in [0.2, 0.25) is 5.02 Å². The third-order valence-corrected chi connectivity index (χ3v) is 4.48. The Labute approximate surface area is 137 Å². The standard InChI is InChI=1S/C19H22ClNO/c20-18-12-16(13-21-17-8-4-5-9-17)10-11-19(18)22-14-15-6-2-1-3-7-15/h1-3,6-7,10-12,17,21H,4-5,8-9,13-14H2. The Kier molecular flexibility index (Phi) is 5.36. The molecule has 2 aromatic carbocycles. The molecule has 0 radical (unpaired) electrons. The van der Waals surface area contributed by atoms with Crippen LogP contribution in [-0.2, 0) is 13.2 Å². The molecule has 2 nitrogen and oxygen atoms in total. The van der Waals surface area contributed by atoms with Crippen LogP contribution in [-0.4, -0.2) is 6.04 Å². The molecule has 1 aliphatic rings. The van der Waals surface area contributed by atoms with Crippen LogP contribution in [0.1, 0.15) is 36.8 Å². The Morgan fingerprint density at radius 1 is 1.00 bits per heavy atom. The number of hydrogen-bond donors (Lipinski definition) is 1. The number of rotatable bonds is 6. The van der Waals surface area contributed by atoms with Gasteiger partial charge in [0, 0.05) is 12.6 Å². The lowest BCUT2D eigenvalue weighted by atomic mass is 10.2. The van der Waals surface area contributed by atoms with Gasteiger partial charge in [0.15, 0.2) is 0 Å². The molecule has 1 saturated carbocycles. The van der Waals surface area contributed by atoms with Gasteiger partial charge in [0.25, 0.3) is 0 Å². The molecule has 0 atom stereocenters. The second-order valence-corrected chi connectivity index (χ2v) is 6.31. The van der Waals surface area contributed by atoms with Crippen molar-refractivity contribution >= 4 is 11.6 Å². The topological polar surface area (TPSA) is 21.3 Å². The Balaban J connectivity index is 1.54. The summed E-state index contributed by atoms with van der Waals surface area (Å²) < 4.78 is 5.80. The molecule has 0 spiro atoms. The van der Waals surface area contributed by atoms with E-state index in [9.17, 15) is 0 Å². The van der Waals surface area contributed by atoms with Crippen molar-refractivity contribution in [3.05, 3.63) is 64.7 Å². The quantitative estimate of drug-likeness (QED) is 0.814. The Morgan fingerprint density at radius 2 is 1.77 bits per heavy atom. The third kappa shape index (κ3) is 4.25. The zero-order valence-electron chi connectivity index (χ0n) is 12.7. The average molecular weight is 316 g/mol. The van der Waals surface area contributed by atoms with Gasteiger partial charge in [0.1, 0.15) is 12.4 Å². The molecule has 116 valence electrons. The first-order valence-electron chi connectivity index (χ1n) is 8.00. The highest BCUT2D eigenvalue weighted by atomic mass is 35.5. The summed E-state index contributed by atoms with van der Waals surface area (Å²) in [7, 11) is 0. The Bertz CT molecular complexity index is 594. The second kappa shape index (κ2) is 7.66. The van der Waals surface area contributed by atoms with Crippen molar-refractivity contribution in [2.45, 2.75) is 44.9 Å². The van der Waals surface area contributed by atoms with Crippen LogP contribution in [0, 0.1) is 0 Å². The van der Waals surface area contributed by atoms with Crippen LogP contribution in [0.15, 0.2) is 48.5 Å². The number of benzene rings is 2. The Morgan fingerprint density at radius 3 is 2.50 bits per heavy atom. The van der Waals surface area contributed by atoms with Gasteiger partial charge in [0.2, 0.25) is 0 Å². The molecule has 0 aliphatic heterocycles. The molecule has 0 amide bonds. The molecule has 1 N–H and O–H groups in total. The van der Waals surface area contributed by atoms with Crippen LogP contribution in [0.4, 0.5) is 0 Å². The summed E-state index contributed by atoms with van der Waals surface area (Å²) in [4.78, 5) is 0. The van der Waals surface area contributed by atoms with Gasteiger partial charge >= 0.3 is 0 Å². The maximum absolute atomic E-state index is 6.34. The maximum atomic E-state index is 6.34. The number of ether oxygens (including phenoxy) is 1. The molecule has 0 heterocycles. The van der Waals surface area contributed by atoms with Gasteiger partial charge in [-0.2, -0.15) is 0 Å². The Hall–Kier alpha value is -1.51. The summed E-state index contributed by atoms with van der Waals surface area (Å²) in [5.74, 6) is 0.745. The van der Waals surface area contributed by atoms with Crippen molar-refractivity contribution in [2.24, 2.45) is 0 Å². The van der Waals surface area contributed by atoms with E-state index >= 15 is 0 Å². The molecule has 1 aliphatic carbocycles. The van der Waals surface area contributed by atoms with Crippen molar-refractivity contribution < 1.29 is 4.74 Å². The lowest BCUT2D eigenvalue weighted by Gasteiger charge is -2.13. The SMILES string of the molecule is Clc1cc(CNC2CCCC2)ccc1OCc1ccccc1. The molecule has 3 heteroatoms. The monoisotopic (exact) mass is 315 g/mol. The highest BCUT2D eigenvalue weighted by Crippen LogP contribution is 2.26. The van der Waals surface area contributed by atoms with E-state index in [2.05, 4.69) is 11.4 Å². The summed E-state index contributed by atoms with van der Waals surface area (Å²) in [5.41, 5.74) is 2.36. The van der Waals surface area contributed by atoms with Crippen LogP contribution in [0.25, 0.3) is 0 Å². The van der Waals surface area contributed by atoms with Crippen molar-refractivity contribution in [3.63, 3.8) is 0 Å². The first kappa shape index (κ1) is 15.4. The highest BCUT2D eigenvalue weighted by molar-refractivity contribution is 6.32. The van der Waals surface area contributed by atoms with Gasteiger partial charge in [-0.1, -0.05) is 60.8 Å². The fraction of sp³-hybridized carbons (Fsp3) is 0.368. The number of hydrogen-bond acceptors (Lipinski definition) is 2. The van der Waals surface area contributed by atoms with E-state index in [1.54, 1.807) is 0 Å². The van der Waals surface area contributed by atoms with E-state index < -0.39 is 0 Å². The summed E-state index contributed by atoms with van der Waals surface area (Å²) in [6.07, 6.45) is 5.30. The minimum atomic E-state index is 0.542. The van der Waals surface area contributed by atoms with E-state index in [1.165, 1.54) is 31.2 Å². The second-order valence-electron chi connectivity index (χ2n) is 5.90. The molecule has 0 unspecified atom stereocenters. The fourth-order valence-electron chi connectivity index (χ4n) is 2.90. The molecule has 1 fully saturated rings. The summed E-state index contributed by atoms with van der Waals surface area (Å²) >= 11 is 6.34. The van der Waals surface area contributed by atoms with Crippen molar-refractivity contribution in [2.75, 3.05) is 0 Å². The van der Waals surface area contributed by atoms with Crippen molar-refractivity contribution in [1.29, 1.82) is 0 Å². The van der Waals surface area contributed by atoms with E-state index in [0.29, 0.717) is 17.7 Å². The van der Waals surface area contributed by atoms with Gasteiger partial charge in [0.05, 0.1) is 5.02 Å². The predicted octanol–water partition coefficient (Wildman–Crippen LogP) is 4.95. The molecule has 2 aromatic rings. The van der Waals surface area contributed by atoms with Gasteiger partial charge in [-0.3, -0.25) is 0 Å². The smallest absolute Gasteiger partial charge is 0.138 e. The first-order valence-corrected chi connectivity index (χ1v) is 8.37. The molecule has 22 heavy (non-hydrogen) atoms. The van der Waals surface area contributed by atoms with Crippen LogP contribution >= 0.6 is 11.6 Å². The van der Waals surface area contributed by atoms with Gasteiger partial charge in [-0.05, 0) is 36.1 Å². The molecule has 0 aromatic heterocycles. The minimum Gasteiger partial charge on any atom is -0.487 e. The summed E-state index contributed by atoms with van der Waals surface area (Å²) in [6, 6.07) is 16.9. The lowest BCUT2D eigenvalue weighted by molar-refractivity contribution is 0.306. The number of halogens is 1. The lowest BCUT2D eigenvalue weighted by Crippen LogP contribution is -2.25. The van der Waals surface area contributed by atoms with E-state index in [-0.39, 0.29) is 0 Å². The minimum absolute atomic E-state index is 0.542. The molecule has 3 rings (SSSR count). The fourth-order valence-corrected chi connectivity index (χ4v) is 3.16. The van der Waals surface area contributed by atoms with Crippen LogP contribution in [0.5, 0.6) is 5.75 Å². The van der Waals surface area contributed by atoms with Crippen LogP contribution < -0.4 is 10.1 Å². The third-order valence-electron chi connectivity index (χ3n) is 4.18. The number of nitrogens with one attached hydrogen (secondary N) is 1. The van der Waals surface area contributed by atoms with E-state index in [0.717, 1.165) is 17.9 Å². The summed E-state index contributed by atoms with van der Waals surface area (Å²) in [6.45, 7) is 1.42. The van der Waals surface area contributed by atoms with Crippen LogP contribution in [0.3, 0.4) is 0 Å². The molecule has 0 saturated heterocycles. The molecule has 0 bridgehead atoms. The molecular formula is C19H22ClNO. The highest BCUT2D eigenvalue weighted by Gasteiger charge is 2.14. The first-order chi connectivity index (χ1) is 10.8. The summed E-state index contributed by atoms with van der Waals surface area (Å²) in [5, 5.41) is 4.29. The van der Waals surface area contributed by atoms with E-state index in [1.807, 2.05) is 42.5 Å². The van der Waals surface area contributed by atoms with E-state index in [4.69, 9.17) is 16.3 Å². The van der Waals surface area contributed by atoms with Crippen molar-refractivity contribution in [3.8, 4) is 5.75 Å². The largest absolute Gasteiger partial charge is 0.487 e. The zero-order valence-corrected chi connectivity index (χ0v) is 13.5. The predicted molar refractivity (Wildman–Crippen MR) is 91.3 cm³/mol. The van der Waals surface area contributed by atoms with Crippen molar-refractivity contribution in [1.82, 2.24) is 5.32 Å². The van der Waals surface area contributed by atoms with Gasteiger partial charge < -0.3 is 10.1 Å².